The van der Waals surface area contributed by atoms with Gasteiger partial charge in [0.2, 0.25) is 100 Å². The number of benzene rings is 4. The number of carboxylic acids is 2. The maximum Gasteiger partial charge on any atom is 0.312 e. The molecule has 0 bridgehead atoms. The van der Waals surface area contributed by atoms with Crippen LogP contribution in [0.15, 0.2) is 103 Å². The number of nitrogens with two attached hydrogens (primary N) is 5. The SMILES string of the molecule is Cc1cccc(C[C@@H]2NC(=O)[C@H](CC(=O)O)NC(=O)[C@H](Cc3ccc(O)cc3)NC(=O)[C@H](CC(N)=O)NC(=O)CSC[C@@H](C(=O)N[C@@H](CCN)C(N)=O)NC(=O)[C@H](CCC(=O)O)NC(=O)[C@H](C(C)C)NC(=O)[C@H](CC3CCCCC3)NC(=O)[C@H](CCN)NC(=O)[C@@H](CC(C)C)NC(=O)[C@H](C)N(C)C(=O)[C@H](CCCNC(N)=O)NC(=O)[C@H](Cc3ccc(-c4ccccc4)cc3)NC(=O)[C@H](C(C)(C)O)NC2=O)c1. The van der Waals surface area contributed by atoms with Gasteiger partial charge in [-0.25, -0.2) is 4.79 Å². The predicted molar refractivity (Wildman–Crippen MR) is 517 cm³/mol. The molecule has 1 aliphatic heterocycles. The van der Waals surface area contributed by atoms with Crippen molar-refractivity contribution in [2.24, 2.45) is 46.4 Å². The van der Waals surface area contributed by atoms with Crippen LogP contribution in [0.5, 0.6) is 5.75 Å². The van der Waals surface area contributed by atoms with E-state index in [1.54, 1.807) is 69.3 Å². The highest BCUT2D eigenvalue weighted by molar-refractivity contribution is 8.00. The second kappa shape index (κ2) is 57.0. The highest BCUT2D eigenvalue weighted by Crippen LogP contribution is 2.29. The molecule has 19 amide bonds. The van der Waals surface area contributed by atoms with E-state index in [-0.39, 0.29) is 87.7 Å². The predicted octanol–water partition coefficient (Wildman–Crippen LogP) is -2.93. The Morgan fingerprint density at radius 1 is 0.511 bits per heavy atom. The number of amides is 19. The van der Waals surface area contributed by atoms with Crippen molar-refractivity contribution in [2.45, 2.75) is 267 Å². The van der Waals surface area contributed by atoms with Crippen LogP contribution < -0.4 is 108 Å². The number of carbonyl (C=O) groups is 20. The number of carbonyl (C=O) groups excluding carboxylic acids is 18. The summed E-state index contributed by atoms with van der Waals surface area (Å²) in [6.07, 6.45) is -2.55. The first-order valence-corrected chi connectivity index (χ1v) is 47.9. The third-order valence-corrected chi connectivity index (χ3v) is 24.7. The molecule has 6 rings (SSSR count). The Bertz CT molecular complexity index is 5020. The summed E-state index contributed by atoms with van der Waals surface area (Å²) in [5.74, 6) is -25.4. The molecule has 0 aromatic heterocycles. The molecule has 0 unspecified atom stereocenters. The number of hydrogen-bond donors (Lipinski definition) is 24. The van der Waals surface area contributed by atoms with Crippen molar-refractivity contribution in [1.82, 2.24) is 84.7 Å². The van der Waals surface area contributed by atoms with Crippen molar-refractivity contribution in [3.05, 3.63) is 125 Å². The normalized spacial score (nSPS) is 23.6. The van der Waals surface area contributed by atoms with Crippen LogP contribution in [0.4, 0.5) is 4.79 Å². The second-order valence-corrected chi connectivity index (χ2v) is 37.7. The van der Waals surface area contributed by atoms with Crippen LogP contribution in [0.3, 0.4) is 0 Å². The molecule has 1 aliphatic carbocycles. The van der Waals surface area contributed by atoms with Gasteiger partial charge in [0, 0.05) is 45.0 Å². The van der Waals surface area contributed by atoms with Crippen molar-refractivity contribution < 1.29 is 116 Å². The molecule has 141 heavy (non-hydrogen) atoms. The highest BCUT2D eigenvalue weighted by Gasteiger charge is 2.44. The van der Waals surface area contributed by atoms with Crippen LogP contribution in [0.2, 0.25) is 0 Å². The van der Waals surface area contributed by atoms with Crippen LogP contribution >= 0.6 is 11.8 Å². The quantitative estimate of drug-likeness (QED) is 0.0224. The first kappa shape index (κ1) is 116. The maximum atomic E-state index is 15.4. The summed E-state index contributed by atoms with van der Waals surface area (Å²) in [5, 5.41) is 80.4. The lowest BCUT2D eigenvalue weighted by Gasteiger charge is -2.33. The summed E-state index contributed by atoms with van der Waals surface area (Å²) >= 11 is 0.573. The van der Waals surface area contributed by atoms with Gasteiger partial charge in [0.1, 0.15) is 96.4 Å². The van der Waals surface area contributed by atoms with Crippen LogP contribution in [0, 0.1) is 24.7 Å². The van der Waals surface area contributed by atoms with Crippen molar-refractivity contribution in [3.63, 3.8) is 0 Å². The van der Waals surface area contributed by atoms with E-state index in [1.807, 2.05) is 30.3 Å². The summed E-state index contributed by atoms with van der Waals surface area (Å²) in [5.41, 5.74) is 29.3. The maximum absolute atomic E-state index is 15.4. The number of hydrogen-bond acceptors (Lipinski definition) is 25. The molecule has 1 saturated carbocycles. The summed E-state index contributed by atoms with van der Waals surface area (Å²) in [6, 6.07) is 0.172. The molecule has 0 spiro atoms. The largest absolute Gasteiger partial charge is 0.508 e. The van der Waals surface area contributed by atoms with Gasteiger partial charge in [0.05, 0.1) is 24.2 Å². The number of aliphatic hydroxyl groups is 1. The van der Waals surface area contributed by atoms with Crippen LogP contribution in [-0.4, -0.2) is 278 Å². The van der Waals surface area contributed by atoms with Crippen LogP contribution in [0.1, 0.15) is 167 Å². The number of rotatable bonds is 31. The number of likely N-dealkylation sites (N-methyl/N-ethyl adjacent to an activating group) is 1. The molecular weight excluding hydrogens is 1850 g/mol. The van der Waals surface area contributed by atoms with E-state index >= 15 is 28.8 Å². The number of urea groups is 1. The third-order valence-electron chi connectivity index (χ3n) is 23.7. The van der Waals surface area contributed by atoms with Crippen molar-refractivity contribution in [3.8, 4) is 16.9 Å². The Balaban J connectivity index is 1.51. The Morgan fingerprint density at radius 3 is 1.55 bits per heavy atom. The van der Waals surface area contributed by atoms with Gasteiger partial charge in [0.15, 0.2) is 0 Å². The Kier molecular flexibility index (Phi) is 46.8. The minimum Gasteiger partial charge on any atom is -0.508 e. The fourth-order valence-corrected chi connectivity index (χ4v) is 16.7. The molecule has 0 radical (unpaired) electrons. The zero-order valence-corrected chi connectivity index (χ0v) is 81.5. The molecule has 1 saturated heterocycles. The van der Waals surface area contributed by atoms with E-state index in [4.69, 9.17) is 28.7 Å². The summed E-state index contributed by atoms with van der Waals surface area (Å²) in [4.78, 5) is 287. The van der Waals surface area contributed by atoms with Gasteiger partial charge >= 0.3 is 18.0 Å². The van der Waals surface area contributed by atoms with Gasteiger partial charge in [-0.3, -0.25) is 91.1 Å². The fourth-order valence-electron chi connectivity index (χ4n) is 15.8. The second-order valence-electron chi connectivity index (χ2n) is 36.6. The molecule has 46 heteroatoms. The number of thioether (sulfide) groups is 1. The first-order valence-electron chi connectivity index (χ1n) is 46.8. The lowest BCUT2D eigenvalue weighted by molar-refractivity contribution is -0.143. The van der Waals surface area contributed by atoms with Gasteiger partial charge in [-0.2, -0.15) is 0 Å². The van der Waals surface area contributed by atoms with Crippen LogP contribution in [-0.2, 0) is 110 Å². The number of nitrogens with zero attached hydrogens (tertiary/aromatic N) is 1. The molecule has 2 fully saturated rings. The number of phenols is 1. The lowest BCUT2D eigenvalue weighted by atomic mass is 9.84. The third kappa shape index (κ3) is 39.4. The number of carboxylic acid groups (broad SMARTS) is 2. The lowest BCUT2D eigenvalue weighted by Crippen LogP contribution is -2.64. The summed E-state index contributed by atoms with van der Waals surface area (Å²) in [6.45, 7) is 11.1. The van der Waals surface area contributed by atoms with Gasteiger partial charge in [-0.1, -0.05) is 156 Å². The minimum absolute atomic E-state index is 0.0101. The average Bonchev–Trinajstić information content (AvgIpc) is 0.821. The van der Waals surface area contributed by atoms with Crippen molar-refractivity contribution in [2.75, 3.05) is 38.2 Å². The fraction of sp³-hybridized carbons (Fsp3) is 0.537. The van der Waals surface area contributed by atoms with Crippen molar-refractivity contribution >= 4 is 130 Å². The smallest absolute Gasteiger partial charge is 0.312 e. The number of phenolic OH excluding ortho intramolecular Hbond substituents is 1. The Labute approximate surface area is 821 Å². The topological polar surface area (TPSA) is 736 Å². The monoisotopic (exact) mass is 1990 g/mol. The Morgan fingerprint density at radius 2 is 1.01 bits per heavy atom. The van der Waals surface area contributed by atoms with E-state index in [0.29, 0.717) is 41.3 Å². The molecule has 772 valence electrons. The summed E-state index contributed by atoms with van der Waals surface area (Å²) < 4.78 is 0. The number of aliphatic carboxylic acids is 2. The van der Waals surface area contributed by atoms with Gasteiger partial charge in [0.25, 0.3) is 0 Å². The number of nitrogens with one attached hydrogen (secondary N) is 15. The van der Waals surface area contributed by atoms with E-state index in [1.165, 1.54) is 52.1 Å². The standard InChI is InChI=1S/C95H137N21O24S/c1-50(2)40-65-83(128)104-63(36-38-97)82(127)108-68(42-54-19-12-10-13-20-54)88(133)114-77(51(3)4)91(136)105-62(33-34-75(120)121)81(126)113-72(90(135)103-61(35-37-96)79(99)124)48-141-49-74(119)102-70(46-73(98)118)86(131)109-66(44-56-27-31-60(117)32-28-56)85(130)111-71(47-76(122)123)87(132)110-69(45-57-21-16-18-52(5)41-57)89(134)115-78(95(7,8)140)92(137)112-67(43-55-25-29-59(30-26-55)58-22-14-11-15-23-58)84(129)106-64(24-17-39-101-94(100)139)93(138)116(9)53(6)80(125)107-65/h11,14-16,18,21-23,25-32,41,50-51,53-54,61-72,77-78,117,140H,10,12-13,17,19-20,24,33-40,42-49,96-97H2,1-9H3,(H2,98,118)(H2,99,124)(H,102,119)(H,103,135)(H,104,128)(H,105,136)(H,106,129)(H,107,125)(H,108,127)(H,109,131)(H,110,132)(H,111,130)(H,112,137)(H,113,126)(H,114,133)(H,115,134)(H,120,121)(H,122,123)(H3,100,101,139)/t53-,61-,62-,63-,64-,65+,66-,67-,68-,69-,70-,71-,72-,77-,78+/m0/s1. The van der Waals surface area contributed by atoms with Gasteiger partial charge < -0.3 is 134 Å². The molecule has 45 nitrogen and oxygen atoms in total. The van der Waals surface area contributed by atoms with Gasteiger partial charge in [-0.05, 0) is 143 Å². The van der Waals surface area contributed by atoms with Crippen molar-refractivity contribution in [1.29, 1.82) is 0 Å². The Hall–Kier alpha value is -13.9. The number of aryl methyl sites for hydroxylation is 1. The molecule has 4 aromatic carbocycles. The highest BCUT2D eigenvalue weighted by atomic mass is 32.2. The number of primary amides is 3. The molecule has 15 atom stereocenters. The van der Waals surface area contributed by atoms with Crippen LogP contribution in [0.25, 0.3) is 11.1 Å². The van der Waals surface area contributed by atoms with E-state index < -0.39 is 271 Å². The molecule has 29 N–H and O–H groups in total. The average molecular weight is 1990 g/mol. The first-order chi connectivity index (χ1) is 66.5. The molecule has 4 aromatic rings. The van der Waals surface area contributed by atoms with E-state index in [0.717, 1.165) is 49.1 Å². The molecule has 2 aliphatic rings. The van der Waals surface area contributed by atoms with Gasteiger partial charge in [-0.15, -0.1) is 11.8 Å². The summed E-state index contributed by atoms with van der Waals surface area (Å²) in [7, 11) is 1.22. The minimum atomic E-state index is -2.32. The number of aromatic hydroxyl groups is 1. The zero-order valence-electron chi connectivity index (χ0n) is 80.7. The van der Waals surface area contributed by atoms with E-state index in [2.05, 4.69) is 79.8 Å². The molecule has 1 heterocycles. The zero-order chi connectivity index (χ0) is 105. The molecular formula is C95H137N21O24S. The van der Waals surface area contributed by atoms with E-state index in [9.17, 15) is 87.5 Å².